The molecule has 2 aliphatic heterocycles. The Labute approximate surface area is 141 Å². The van der Waals surface area contributed by atoms with E-state index in [1.807, 2.05) is 40.0 Å². The average molecular weight is 327 g/mol. The Morgan fingerprint density at radius 3 is 3.17 bits per heavy atom. The molecule has 0 bridgehead atoms. The Hall–Kier alpha value is -2.34. The topological polar surface area (TPSA) is 56.6 Å². The van der Waals surface area contributed by atoms with Gasteiger partial charge >= 0.3 is 0 Å². The fourth-order valence-corrected chi connectivity index (χ4v) is 3.31. The van der Waals surface area contributed by atoms with Crippen molar-refractivity contribution in [2.45, 2.75) is 25.5 Å². The second-order valence-electron chi connectivity index (χ2n) is 6.25. The smallest absolute Gasteiger partial charge is 0.253 e. The first-order valence-electron chi connectivity index (χ1n) is 8.43. The third-order valence-corrected chi connectivity index (χ3v) is 4.52. The molecule has 126 valence electrons. The van der Waals surface area contributed by atoms with Gasteiger partial charge in [-0.25, -0.2) is 0 Å². The molecule has 1 amide bonds. The fourth-order valence-electron chi connectivity index (χ4n) is 3.31. The average Bonchev–Trinajstić information content (AvgIpc) is 3.22. The van der Waals surface area contributed by atoms with Crippen LogP contribution in [-0.2, 0) is 17.7 Å². The van der Waals surface area contributed by atoms with Gasteiger partial charge in [0.2, 0.25) is 0 Å². The van der Waals surface area contributed by atoms with Crippen molar-refractivity contribution in [1.82, 2.24) is 14.7 Å². The number of ether oxygens (including phenoxy) is 2. The number of hydrogen-bond donors (Lipinski definition) is 0. The van der Waals surface area contributed by atoms with Crippen LogP contribution in [0.4, 0.5) is 0 Å². The van der Waals surface area contributed by atoms with Crippen molar-refractivity contribution in [2.75, 3.05) is 26.3 Å². The number of hydrogen-bond acceptors (Lipinski definition) is 4. The molecule has 1 unspecified atom stereocenters. The molecule has 0 radical (unpaired) electrons. The first-order chi connectivity index (χ1) is 11.8. The molecular formula is C18H21N3O3. The van der Waals surface area contributed by atoms with Gasteiger partial charge < -0.3 is 14.4 Å². The van der Waals surface area contributed by atoms with Crippen LogP contribution in [0.5, 0.6) is 5.75 Å². The van der Waals surface area contributed by atoms with Crippen LogP contribution >= 0.6 is 0 Å². The Balaban J connectivity index is 1.48. The fraction of sp³-hybridized carbons (Fsp3) is 0.444. The minimum Gasteiger partial charge on any atom is -0.493 e. The highest BCUT2D eigenvalue weighted by Crippen LogP contribution is 2.26. The number of carbonyl (C=O) groups excluding carboxylic acids is 1. The van der Waals surface area contributed by atoms with Crippen molar-refractivity contribution < 1.29 is 14.3 Å². The van der Waals surface area contributed by atoms with E-state index < -0.39 is 0 Å². The minimum atomic E-state index is -0.0332. The highest BCUT2D eigenvalue weighted by atomic mass is 16.5. The third-order valence-electron chi connectivity index (χ3n) is 4.52. The van der Waals surface area contributed by atoms with Crippen molar-refractivity contribution in [3.63, 3.8) is 0 Å². The van der Waals surface area contributed by atoms with E-state index in [1.165, 1.54) is 0 Å². The lowest BCUT2D eigenvalue weighted by atomic mass is 10.1. The first-order valence-corrected chi connectivity index (χ1v) is 8.43. The van der Waals surface area contributed by atoms with E-state index >= 15 is 0 Å². The van der Waals surface area contributed by atoms with Crippen molar-refractivity contribution in [2.24, 2.45) is 0 Å². The maximum atomic E-state index is 12.9. The monoisotopic (exact) mass is 327 g/mol. The van der Waals surface area contributed by atoms with E-state index in [2.05, 4.69) is 5.10 Å². The van der Waals surface area contributed by atoms with Gasteiger partial charge in [-0.2, -0.15) is 5.10 Å². The van der Waals surface area contributed by atoms with Gasteiger partial charge in [-0.3, -0.25) is 9.48 Å². The van der Waals surface area contributed by atoms with E-state index in [-0.39, 0.29) is 12.0 Å². The molecule has 0 saturated carbocycles. The second kappa shape index (κ2) is 6.65. The zero-order chi connectivity index (χ0) is 16.4. The Morgan fingerprint density at radius 2 is 2.29 bits per heavy atom. The van der Waals surface area contributed by atoms with Gasteiger partial charge in [0, 0.05) is 44.1 Å². The number of fused-ring (bicyclic) bond motifs is 1. The van der Waals surface area contributed by atoms with Gasteiger partial charge in [0.25, 0.3) is 5.91 Å². The first kappa shape index (κ1) is 15.2. The zero-order valence-electron chi connectivity index (χ0n) is 13.6. The second-order valence-corrected chi connectivity index (χ2v) is 6.25. The van der Waals surface area contributed by atoms with Crippen LogP contribution in [0, 0.1) is 0 Å². The van der Waals surface area contributed by atoms with Crippen molar-refractivity contribution in [3.05, 3.63) is 47.8 Å². The SMILES string of the molecule is O=C(c1ccc2c(c1)CCO2)N1CCCOC(Cn2cccn2)C1. The largest absolute Gasteiger partial charge is 0.493 e. The van der Waals surface area contributed by atoms with E-state index in [0.29, 0.717) is 26.3 Å². The Bertz CT molecular complexity index is 714. The van der Waals surface area contributed by atoms with Crippen molar-refractivity contribution in [1.29, 1.82) is 0 Å². The summed E-state index contributed by atoms with van der Waals surface area (Å²) in [4.78, 5) is 14.8. The molecule has 3 heterocycles. The minimum absolute atomic E-state index is 0.0332. The molecule has 1 saturated heterocycles. The van der Waals surface area contributed by atoms with E-state index in [1.54, 1.807) is 6.20 Å². The molecule has 6 nitrogen and oxygen atoms in total. The van der Waals surface area contributed by atoms with Crippen molar-refractivity contribution in [3.8, 4) is 5.75 Å². The summed E-state index contributed by atoms with van der Waals surface area (Å²) in [7, 11) is 0. The zero-order valence-corrected chi connectivity index (χ0v) is 13.6. The Morgan fingerprint density at radius 1 is 1.33 bits per heavy atom. The van der Waals surface area contributed by atoms with Crippen LogP contribution in [-0.4, -0.2) is 53.0 Å². The van der Waals surface area contributed by atoms with Gasteiger partial charge in [-0.05, 0) is 36.2 Å². The molecule has 0 N–H and O–H groups in total. The summed E-state index contributed by atoms with van der Waals surface area (Å²) in [6.45, 7) is 3.35. The van der Waals surface area contributed by atoms with Crippen LogP contribution in [0.25, 0.3) is 0 Å². The summed E-state index contributed by atoms with van der Waals surface area (Å²) >= 11 is 0. The van der Waals surface area contributed by atoms with Crippen LogP contribution in [0.1, 0.15) is 22.3 Å². The number of aromatic nitrogens is 2. The predicted molar refractivity (Wildman–Crippen MR) is 88.1 cm³/mol. The molecule has 6 heteroatoms. The molecule has 0 aliphatic carbocycles. The number of benzene rings is 1. The normalized spacial score (nSPS) is 20.3. The molecule has 4 rings (SSSR count). The molecule has 1 aromatic carbocycles. The quantitative estimate of drug-likeness (QED) is 0.862. The number of rotatable bonds is 3. The maximum absolute atomic E-state index is 12.9. The molecule has 2 aliphatic rings. The van der Waals surface area contributed by atoms with Gasteiger partial charge in [-0.1, -0.05) is 0 Å². The summed E-state index contributed by atoms with van der Waals surface area (Å²) in [6.07, 6.45) is 5.37. The number of nitrogens with zero attached hydrogens (tertiary/aromatic N) is 3. The molecule has 2 aromatic rings. The molecule has 24 heavy (non-hydrogen) atoms. The molecule has 1 fully saturated rings. The summed E-state index contributed by atoms with van der Waals surface area (Å²) < 4.78 is 13.3. The number of carbonyl (C=O) groups is 1. The van der Waals surface area contributed by atoms with E-state index in [9.17, 15) is 4.79 Å². The highest BCUT2D eigenvalue weighted by molar-refractivity contribution is 5.94. The summed E-state index contributed by atoms with van der Waals surface area (Å²) in [5.41, 5.74) is 1.86. The molecule has 1 aromatic heterocycles. The predicted octanol–water partition coefficient (Wildman–Crippen LogP) is 1.75. The van der Waals surface area contributed by atoms with E-state index in [4.69, 9.17) is 9.47 Å². The lowest BCUT2D eigenvalue weighted by Crippen LogP contribution is -2.38. The summed E-state index contributed by atoms with van der Waals surface area (Å²) in [5.74, 6) is 0.975. The molecular weight excluding hydrogens is 306 g/mol. The van der Waals surface area contributed by atoms with Crippen LogP contribution in [0.15, 0.2) is 36.7 Å². The lowest BCUT2D eigenvalue weighted by Gasteiger charge is -2.24. The number of amides is 1. The van der Waals surface area contributed by atoms with Crippen LogP contribution in [0.3, 0.4) is 0 Å². The lowest BCUT2D eigenvalue weighted by molar-refractivity contribution is 0.0367. The van der Waals surface area contributed by atoms with Crippen molar-refractivity contribution >= 4 is 5.91 Å². The van der Waals surface area contributed by atoms with Gasteiger partial charge in [0.1, 0.15) is 5.75 Å². The van der Waals surface area contributed by atoms with E-state index in [0.717, 1.165) is 36.3 Å². The summed E-state index contributed by atoms with van der Waals surface area (Å²) in [6, 6.07) is 7.64. The third kappa shape index (κ3) is 3.14. The molecule has 1 atom stereocenters. The molecule has 0 spiro atoms. The van der Waals surface area contributed by atoms with Crippen LogP contribution < -0.4 is 4.74 Å². The van der Waals surface area contributed by atoms with Crippen LogP contribution in [0.2, 0.25) is 0 Å². The highest BCUT2D eigenvalue weighted by Gasteiger charge is 2.25. The van der Waals surface area contributed by atoms with Gasteiger partial charge in [-0.15, -0.1) is 0 Å². The maximum Gasteiger partial charge on any atom is 0.253 e. The van der Waals surface area contributed by atoms with Gasteiger partial charge in [0.05, 0.1) is 19.3 Å². The standard InChI is InChI=1S/C18H21N3O3/c22-18(15-3-4-17-14(11-15)5-10-24-17)20-7-2-9-23-16(12-20)13-21-8-1-6-19-21/h1,3-4,6,8,11,16H,2,5,7,9-10,12-13H2. The van der Waals surface area contributed by atoms with Gasteiger partial charge in [0.15, 0.2) is 0 Å². The summed E-state index contributed by atoms with van der Waals surface area (Å²) in [5, 5.41) is 4.23. The Kier molecular flexibility index (Phi) is 4.21.